The van der Waals surface area contributed by atoms with Gasteiger partial charge in [0.1, 0.15) is 5.82 Å². The Kier molecular flexibility index (Phi) is 4.33. The van der Waals surface area contributed by atoms with Crippen LogP contribution in [0.3, 0.4) is 0 Å². The van der Waals surface area contributed by atoms with Gasteiger partial charge >= 0.3 is 0 Å². The van der Waals surface area contributed by atoms with Gasteiger partial charge in [0.15, 0.2) is 17.1 Å². The summed E-state index contributed by atoms with van der Waals surface area (Å²) < 4.78 is 12.3. The van der Waals surface area contributed by atoms with Gasteiger partial charge in [0.05, 0.1) is 19.9 Å². The molecule has 0 saturated heterocycles. The Morgan fingerprint density at radius 2 is 1.63 bits per heavy atom. The molecule has 0 bridgehead atoms. The minimum absolute atomic E-state index is 0.493. The minimum Gasteiger partial charge on any atom is -0.493 e. The first-order chi connectivity index (χ1) is 13.1. The first-order valence-corrected chi connectivity index (χ1v) is 8.61. The SMILES string of the molecule is COc1ccc(-c2cnc3cc(-c4ccc(Cl)cc4)nn3c2N)cc1OC. The van der Waals surface area contributed by atoms with Gasteiger partial charge in [-0.2, -0.15) is 9.61 Å². The molecule has 2 N–H and O–H groups in total. The second-order valence-corrected chi connectivity index (χ2v) is 6.37. The number of methoxy groups -OCH3 is 2. The zero-order valence-corrected chi connectivity index (χ0v) is 15.6. The van der Waals surface area contributed by atoms with Gasteiger partial charge in [0.2, 0.25) is 0 Å². The number of rotatable bonds is 4. The van der Waals surface area contributed by atoms with E-state index in [9.17, 15) is 0 Å². The number of hydrogen-bond acceptors (Lipinski definition) is 5. The molecule has 7 heteroatoms. The summed E-state index contributed by atoms with van der Waals surface area (Å²) in [4.78, 5) is 4.50. The molecular formula is C20H17ClN4O2. The molecule has 0 amide bonds. The van der Waals surface area contributed by atoms with Gasteiger partial charge in [-0.15, -0.1) is 0 Å². The van der Waals surface area contributed by atoms with E-state index in [0.717, 1.165) is 22.4 Å². The average molecular weight is 381 g/mol. The average Bonchev–Trinajstić information content (AvgIpc) is 3.13. The molecule has 2 heterocycles. The van der Waals surface area contributed by atoms with E-state index < -0.39 is 0 Å². The van der Waals surface area contributed by atoms with Gasteiger partial charge in [0.25, 0.3) is 0 Å². The van der Waals surface area contributed by atoms with E-state index >= 15 is 0 Å². The zero-order valence-electron chi connectivity index (χ0n) is 14.8. The lowest BCUT2D eigenvalue weighted by atomic mass is 10.1. The zero-order chi connectivity index (χ0) is 19.0. The molecule has 0 aliphatic heterocycles. The van der Waals surface area contributed by atoms with Crippen LogP contribution in [0.25, 0.3) is 28.0 Å². The van der Waals surface area contributed by atoms with Crippen molar-refractivity contribution in [3.8, 4) is 33.9 Å². The molecule has 0 spiro atoms. The number of anilines is 1. The van der Waals surface area contributed by atoms with Crippen LogP contribution in [0, 0.1) is 0 Å². The van der Waals surface area contributed by atoms with Crippen LogP contribution in [0.5, 0.6) is 11.5 Å². The summed E-state index contributed by atoms with van der Waals surface area (Å²) in [6, 6.07) is 15.0. The van der Waals surface area contributed by atoms with E-state index in [1.165, 1.54) is 0 Å². The van der Waals surface area contributed by atoms with Crippen LogP contribution >= 0.6 is 11.6 Å². The van der Waals surface area contributed by atoms with Crippen molar-refractivity contribution in [2.75, 3.05) is 20.0 Å². The predicted octanol–water partition coefficient (Wildman–Crippen LogP) is 4.32. The van der Waals surface area contributed by atoms with Crippen molar-refractivity contribution in [3.63, 3.8) is 0 Å². The molecule has 0 fully saturated rings. The van der Waals surface area contributed by atoms with Crippen LogP contribution in [0.15, 0.2) is 54.7 Å². The molecule has 2 aromatic carbocycles. The van der Waals surface area contributed by atoms with Gasteiger partial charge < -0.3 is 15.2 Å². The quantitative estimate of drug-likeness (QED) is 0.570. The van der Waals surface area contributed by atoms with Gasteiger partial charge in [0, 0.05) is 28.4 Å². The fourth-order valence-corrected chi connectivity index (χ4v) is 3.07. The molecule has 136 valence electrons. The standard InChI is InChI=1S/C20H17ClN4O2/c1-26-17-8-5-13(9-18(17)27-2)15-11-23-19-10-16(24-25(19)20(15)22)12-3-6-14(21)7-4-12/h3-11H,22H2,1-2H3. The largest absolute Gasteiger partial charge is 0.493 e. The first-order valence-electron chi connectivity index (χ1n) is 8.23. The summed E-state index contributed by atoms with van der Waals surface area (Å²) in [6.45, 7) is 0. The normalized spacial score (nSPS) is 10.9. The highest BCUT2D eigenvalue weighted by Gasteiger charge is 2.14. The van der Waals surface area contributed by atoms with Crippen LogP contribution < -0.4 is 15.2 Å². The Labute approximate surface area is 161 Å². The highest BCUT2D eigenvalue weighted by atomic mass is 35.5. The minimum atomic E-state index is 0.493. The van der Waals surface area contributed by atoms with Crippen molar-refractivity contribution in [3.05, 3.63) is 59.8 Å². The van der Waals surface area contributed by atoms with Crippen molar-refractivity contribution < 1.29 is 9.47 Å². The van der Waals surface area contributed by atoms with Crippen molar-refractivity contribution in [1.29, 1.82) is 0 Å². The maximum Gasteiger partial charge on any atom is 0.161 e. The Morgan fingerprint density at radius 3 is 2.33 bits per heavy atom. The number of hydrogen-bond donors (Lipinski definition) is 1. The van der Waals surface area contributed by atoms with E-state index in [4.69, 9.17) is 26.8 Å². The Bertz CT molecular complexity index is 1120. The number of fused-ring (bicyclic) bond motifs is 1. The molecule has 27 heavy (non-hydrogen) atoms. The van der Waals surface area contributed by atoms with E-state index in [2.05, 4.69) is 10.1 Å². The second kappa shape index (κ2) is 6.81. The van der Waals surface area contributed by atoms with E-state index in [1.54, 1.807) is 24.9 Å². The van der Waals surface area contributed by atoms with Crippen LogP contribution in [0.4, 0.5) is 5.82 Å². The van der Waals surface area contributed by atoms with Crippen LogP contribution in [-0.4, -0.2) is 28.8 Å². The first kappa shape index (κ1) is 17.2. The van der Waals surface area contributed by atoms with Crippen LogP contribution in [0.2, 0.25) is 5.02 Å². The number of nitrogens with two attached hydrogens (primary N) is 1. The van der Waals surface area contributed by atoms with Crippen molar-refractivity contribution in [1.82, 2.24) is 14.6 Å². The van der Waals surface area contributed by atoms with Gasteiger partial charge in [-0.1, -0.05) is 29.8 Å². The predicted molar refractivity (Wildman–Crippen MR) is 106 cm³/mol. The third kappa shape index (κ3) is 3.04. The van der Waals surface area contributed by atoms with Crippen LogP contribution in [0.1, 0.15) is 0 Å². The summed E-state index contributed by atoms with van der Waals surface area (Å²) in [5.74, 6) is 1.77. The fraction of sp³-hybridized carbons (Fsp3) is 0.100. The molecule has 4 rings (SSSR count). The van der Waals surface area contributed by atoms with E-state index in [0.29, 0.717) is 28.0 Å². The lowest BCUT2D eigenvalue weighted by Crippen LogP contribution is -2.03. The molecule has 6 nitrogen and oxygen atoms in total. The highest BCUT2D eigenvalue weighted by molar-refractivity contribution is 6.30. The summed E-state index contributed by atoms with van der Waals surface area (Å²) in [5.41, 5.74) is 10.4. The summed E-state index contributed by atoms with van der Waals surface area (Å²) >= 11 is 5.96. The van der Waals surface area contributed by atoms with Gasteiger partial charge in [-0.25, -0.2) is 4.98 Å². The lowest BCUT2D eigenvalue weighted by molar-refractivity contribution is 0.355. The van der Waals surface area contributed by atoms with Crippen LogP contribution in [-0.2, 0) is 0 Å². The molecule has 2 aromatic heterocycles. The van der Waals surface area contributed by atoms with Crippen molar-refractivity contribution in [2.24, 2.45) is 0 Å². The third-order valence-electron chi connectivity index (χ3n) is 4.36. The Hall–Kier alpha value is -3.25. The molecule has 0 unspecified atom stereocenters. The number of nitrogen functional groups attached to an aromatic ring is 1. The highest BCUT2D eigenvalue weighted by Crippen LogP contribution is 2.34. The molecule has 4 aromatic rings. The van der Waals surface area contributed by atoms with E-state index in [-0.39, 0.29) is 0 Å². The second-order valence-electron chi connectivity index (χ2n) is 5.93. The van der Waals surface area contributed by atoms with Crippen molar-refractivity contribution >= 4 is 23.1 Å². The fourth-order valence-electron chi connectivity index (χ4n) is 2.94. The number of ether oxygens (including phenoxy) is 2. The summed E-state index contributed by atoms with van der Waals surface area (Å²) in [6.07, 6.45) is 1.74. The van der Waals surface area contributed by atoms with Crippen molar-refractivity contribution in [2.45, 2.75) is 0 Å². The third-order valence-corrected chi connectivity index (χ3v) is 4.61. The number of benzene rings is 2. The van der Waals surface area contributed by atoms with Gasteiger partial charge in [-0.3, -0.25) is 0 Å². The molecule has 0 atom stereocenters. The Balaban J connectivity index is 1.82. The molecule has 0 saturated carbocycles. The summed E-state index contributed by atoms with van der Waals surface area (Å²) in [7, 11) is 3.19. The monoisotopic (exact) mass is 380 g/mol. The molecule has 0 radical (unpaired) electrons. The molecular weight excluding hydrogens is 364 g/mol. The number of halogens is 1. The number of nitrogens with zero attached hydrogens (tertiary/aromatic N) is 3. The molecule has 0 aliphatic rings. The topological polar surface area (TPSA) is 74.7 Å². The smallest absolute Gasteiger partial charge is 0.161 e. The maximum atomic E-state index is 6.40. The number of aromatic nitrogens is 3. The Morgan fingerprint density at radius 1 is 0.926 bits per heavy atom. The lowest BCUT2D eigenvalue weighted by Gasteiger charge is -2.11. The van der Waals surface area contributed by atoms with E-state index in [1.807, 2.05) is 48.5 Å². The molecule has 0 aliphatic carbocycles. The maximum absolute atomic E-state index is 6.40. The van der Waals surface area contributed by atoms with Gasteiger partial charge in [-0.05, 0) is 29.8 Å². The summed E-state index contributed by atoms with van der Waals surface area (Å²) in [5, 5.41) is 5.28.